The Hall–Kier alpha value is -4.01. The van der Waals surface area contributed by atoms with Gasteiger partial charge in [-0.2, -0.15) is 5.10 Å². The quantitative estimate of drug-likeness (QED) is 0.597. The maximum Gasteiger partial charge on any atom is 0.313 e. The number of rotatable bonds is 4. The average Bonchev–Trinajstić information content (AvgIpc) is 3.25. The van der Waals surface area contributed by atoms with E-state index in [9.17, 15) is 14.4 Å². The van der Waals surface area contributed by atoms with Crippen LogP contribution in [0.25, 0.3) is 5.69 Å². The topological polar surface area (TPSA) is 123 Å². The summed E-state index contributed by atoms with van der Waals surface area (Å²) in [6, 6.07) is 9.07. The van der Waals surface area contributed by atoms with Crippen LogP contribution in [-0.4, -0.2) is 43.9 Å². The standard InChI is InChI=1S/C24H26N6O3/c1-15-3-8-21(17-4-6-20(7-5-17)30-14-16(2)10-27-30)29(13-15)24(33)23(32)28-19-9-18(22(25)31)11-26-12-19/h4-7,9-12,14-15,21H,3,8,13H2,1-2H3,(H2,25,31)(H,28,32)/t15-,21+/m0/s1. The minimum Gasteiger partial charge on any atom is -0.366 e. The fourth-order valence-electron chi connectivity index (χ4n) is 4.08. The van der Waals surface area contributed by atoms with Gasteiger partial charge >= 0.3 is 11.8 Å². The highest BCUT2D eigenvalue weighted by Gasteiger charge is 2.34. The molecular formula is C24H26N6O3. The molecule has 0 spiro atoms. The number of amides is 3. The zero-order valence-corrected chi connectivity index (χ0v) is 18.6. The zero-order valence-electron chi connectivity index (χ0n) is 18.6. The van der Waals surface area contributed by atoms with Crippen molar-refractivity contribution < 1.29 is 14.4 Å². The summed E-state index contributed by atoms with van der Waals surface area (Å²) in [7, 11) is 0. The summed E-state index contributed by atoms with van der Waals surface area (Å²) < 4.78 is 1.80. The largest absolute Gasteiger partial charge is 0.366 e. The smallest absolute Gasteiger partial charge is 0.313 e. The van der Waals surface area contributed by atoms with E-state index in [-0.39, 0.29) is 23.2 Å². The predicted octanol–water partition coefficient (Wildman–Crippen LogP) is 2.61. The van der Waals surface area contributed by atoms with Crippen molar-refractivity contribution in [3.63, 3.8) is 0 Å². The van der Waals surface area contributed by atoms with Crippen LogP contribution in [0.15, 0.2) is 55.1 Å². The van der Waals surface area contributed by atoms with Gasteiger partial charge in [-0.15, -0.1) is 0 Å². The summed E-state index contributed by atoms with van der Waals surface area (Å²) in [5, 5.41) is 6.87. The second kappa shape index (κ2) is 9.23. The van der Waals surface area contributed by atoms with Crippen molar-refractivity contribution in [1.29, 1.82) is 0 Å². The summed E-state index contributed by atoms with van der Waals surface area (Å²) in [6.07, 6.45) is 8.13. The molecule has 2 atom stereocenters. The van der Waals surface area contributed by atoms with Crippen molar-refractivity contribution in [3.05, 3.63) is 71.8 Å². The van der Waals surface area contributed by atoms with Crippen LogP contribution in [0.4, 0.5) is 5.69 Å². The number of nitrogens with one attached hydrogen (secondary N) is 1. The van der Waals surface area contributed by atoms with Crippen molar-refractivity contribution in [2.45, 2.75) is 32.7 Å². The molecule has 1 aliphatic heterocycles. The fourth-order valence-corrected chi connectivity index (χ4v) is 4.08. The van der Waals surface area contributed by atoms with Gasteiger partial charge in [0.2, 0.25) is 5.91 Å². The number of nitrogens with zero attached hydrogens (tertiary/aromatic N) is 4. The first-order valence-corrected chi connectivity index (χ1v) is 10.8. The second-order valence-corrected chi connectivity index (χ2v) is 8.49. The Morgan fingerprint density at radius 1 is 1.09 bits per heavy atom. The van der Waals surface area contributed by atoms with Gasteiger partial charge in [0.1, 0.15) is 0 Å². The Bertz CT molecular complexity index is 1190. The minimum atomic E-state index is -0.777. The lowest BCUT2D eigenvalue weighted by Gasteiger charge is -2.38. The van der Waals surface area contributed by atoms with E-state index >= 15 is 0 Å². The third kappa shape index (κ3) is 4.92. The number of primary amides is 1. The number of benzene rings is 1. The maximum absolute atomic E-state index is 13.1. The molecule has 9 nitrogen and oxygen atoms in total. The molecule has 2 aromatic heterocycles. The van der Waals surface area contributed by atoms with E-state index in [1.807, 2.05) is 37.4 Å². The Kier molecular flexibility index (Phi) is 6.21. The summed E-state index contributed by atoms with van der Waals surface area (Å²) in [5.41, 5.74) is 8.62. The molecule has 0 radical (unpaired) electrons. The Morgan fingerprint density at radius 2 is 1.85 bits per heavy atom. The number of likely N-dealkylation sites (tertiary alicyclic amines) is 1. The molecule has 3 amide bonds. The highest BCUT2D eigenvalue weighted by atomic mass is 16.2. The number of aryl methyl sites for hydroxylation is 1. The Balaban J connectivity index is 1.52. The van der Waals surface area contributed by atoms with Crippen molar-refractivity contribution in [3.8, 4) is 5.69 Å². The van der Waals surface area contributed by atoms with Gasteiger partial charge in [0.05, 0.1) is 35.4 Å². The van der Waals surface area contributed by atoms with E-state index in [2.05, 4.69) is 22.3 Å². The first kappa shape index (κ1) is 22.2. The monoisotopic (exact) mass is 446 g/mol. The molecule has 3 heterocycles. The normalized spacial score (nSPS) is 18.1. The van der Waals surface area contributed by atoms with Crippen LogP contribution < -0.4 is 11.1 Å². The molecule has 0 saturated carbocycles. The molecule has 9 heteroatoms. The Morgan fingerprint density at radius 3 is 2.52 bits per heavy atom. The number of pyridine rings is 1. The molecule has 4 rings (SSSR count). The number of carbonyl (C=O) groups excluding carboxylic acids is 3. The van der Waals surface area contributed by atoms with Gasteiger partial charge < -0.3 is 16.0 Å². The Labute approximate surface area is 191 Å². The minimum absolute atomic E-state index is 0.150. The summed E-state index contributed by atoms with van der Waals surface area (Å²) in [5.74, 6) is -1.78. The molecule has 1 fully saturated rings. The number of carbonyl (C=O) groups is 3. The molecule has 3 aromatic rings. The number of aromatic nitrogens is 3. The van der Waals surface area contributed by atoms with Gasteiger partial charge in [-0.25, -0.2) is 4.68 Å². The molecule has 1 aromatic carbocycles. The van der Waals surface area contributed by atoms with Crippen molar-refractivity contribution in [2.24, 2.45) is 11.7 Å². The fraction of sp³-hybridized carbons (Fsp3) is 0.292. The van der Waals surface area contributed by atoms with Gasteiger partial charge in [-0.3, -0.25) is 19.4 Å². The van der Waals surface area contributed by atoms with Gasteiger partial charge in [0.25, 0.3) is 0 Å². The second-order valence-electron chi connectivity index (χ2n) is 8.49. The lowest BCUT2D eigenvalue weighted by Crippen LogP contribution is -2.46. The lowest BCUT2D eigenvalue weighted by molar-refractivity contribution is -0.146. The van der Waals surface area contributed by atoms with E-state index in [0.29, 0.717) is 6.54 Å². The van der Waals surface area contributed by atoms with Gasteiger partial charge in [0.15, 0.2) is 0 Å². The van der Waals surface area contributed by atoms with Gasteiger partial charge in [-0.05, 0) is 55.0 Å². The van der Waals surface area contributed by atoms with Gasteiger partial charge in [0, 0.05) is 18.9 Å². The first-order chi connectivity index (χ1) is 15.8. The van der Waals surface area contributed by atoms with Gasteiger partial charge in [-0.1, -0.05) is 19.1 Å². The van der Waals surface area contributed by atoms with E-state index in [1.54, 1.807) is 15.8 Å². The summed E-state index contributed by atoms with van der Waals surface area (Å²) in [6.45, 7) is 4.53. The predicted molar refractivity (Wildman–Crippen MR) is 123 cm³/mol. The molecule has 1 saturated heterocycles. The van der Waals surface area contributed by atoms with Crippen molar-refractivity contribution in [2.75, 3.05) is 11.9 Å². The number of nitrogens with two attached hydrogens (primary N) is 1. The number of piperidine rings is 1. The average molecular weight is 447 g/mol. The molecule has 0 unspecified atom stereocenters. The third-order valence-electron chi connectivity index (χ3n) is 5.81. The first-order valence-electron chi connectivity index (χ1n) is 10.8. The molecular weight excluding hydrogens is 420 g/mol. The molecule has 3 N–H and O–H groups in total. The molecule has 1 aliphatic rings. The van der Waals surface area contributed by atoms with E-state index in [1.165, 1.54) is 18.5 Å². The highest BCUT2D eigenvalue weighted by molar-refractivity contribution is 6.39. The van der Waals surface area contributed by atoms with Crippen LogP contribution >= 0.6 is 0 Å². The number of hydrogen-bond acceptors (Lipinski definition) is 5. The van der Waals surface area contributed by atoms with Crippen molar-refractivity contribution in [1.82, 2.24) is 19.7 Å². The highest BCUT2D eigenvalue weighted by Crippen LogP contribution is 2.34. The molecule has 0 bridgehead atoms. The zero-order chi connectivity index (χ0) is 23.5. The molecule has 0 aliphatic carbocycles. The van der Waals surface area contributed by atoms with Crippen LogP contribution in [0, 0.1) is 12.8 Å². The third-order valence-corrected chi connectivity index (χ3v) is 5.81. The van der Waals surface area contributed by atoms with E-state index in [4.69, 9.17) is 5.73 Å². The van der Waals surface area contributed by atoms with Crippen LogP contribution in [0.2, 0.25) is 0 Å². The summed E-state index contributed by atoms with van der Waals surface area (Å²) in [4.78, 5) is 42.8. The molecule has 33 heavy (non-hydrogen) atoms. The van der Waals surface area contributed by atoms with Crippen molar-refractivity contribution >= 4 is 23.4 Å². The number of hydrogen-bond donors (Lipinski definition) is 2. The molecule has 170 valence electrons. The SMILES string of the molecule is Cc1cnn(-c2ccc([C@H]3CC[C@H](C)CN3C(=O)C(=O)Nc3cncc(C(N)=O)c3)cc2)c1. The van der Waals surface area contributed by atoms with Crippen LogP contribution in [-0.2, 0) is 9.59 Å². The van der Waals surface area contributed by atoms with E-state index < -0.39 is 17.7 Å². The maximum atomic E-state index is 13.1. The summed E-state index contributed by atoms with van der Waals surface area (Å²) >= 11 is 0. The van der Waals surface area contributed by atoms with Crippen LogP contribution in [0.5, 0.6) is 0 Å². The van der Waals surface area contributed by atoms with E-state index in [0.717, 1.165) is 29.7 Å². The number of anilines is 1. The lowest BCUT2D eigenvalue weighted by atomic mass is 9.89. The van der Waals surface area contributed by atoms with Crippen LogP contribution in [0.1, 0.15) is 47.3 Å². The van der Waals surface area contributed by atoms with Crippen LogP contribution in [0.3, 0.4) is 0 Å².